The second-order valence-electron chi connectivity index (χ2n) is 5.02. The van der Waals surface area contributed by atoms with Gasteiger partial charge in [-0.15, -0.1) is 0 Å². The van der Waals surface area contributed by atoms with Gasteiger partial charge < -0.3 is 9.47 Å². The average Bonchev–Trinajstić information content (AvgIpc) is 2.94. The second-order valence-corrected chi connectivity index (χ2v) is 5.46. The van der Waals surface area contributed by atoms with E-state index in [9.17, 15) is 4.79 Å². The molecule has 1 aliphatic rings. The van der Waals surface area contributed by atoms with Crippen LogP contribution in [-0.4, -0.2) is 18.5 Å². The van der Waals surface area contributed by atoms with Gasteiger partial charge in [0.15, 0.2) is 5.70 Å². The number of rotatable bonds is 5. The SMILES string of the molecule is C=CCOc1cccc(/C=C2\N=C(c3cccc(Cl)c3)OC2=O)c1. The summed E-state index contributed by atoms with van der Waals surface area (Å²) in [4.78, 5) is 16.3. The van der Waals surface area contributed by atoms with Gasteiger partial charge in [0.2, 0.25) is 5.90 Å². The van der Waals surface area contributed by atoms with Crippen LogP contribution in [0.15, 0.2) is 71.9 Å². The number of benzene rings is 2. The van der Waals surface area contributed by atoms with E-state index >= 15 is 0 Å². The molecule has 0 spiro atoms. The first kappa shape index (κ1) is 16.0. The van der Waals surface area contributed by atoms with Crippen LogP contribution in [-0.2, 0) is 9.53 Å². The fraction of sp³-hybridized carbons (Fsp3) is 0.0526. The standard InChI is InChI=1S/C19H14ClNO3/c1-2-9-23-16-8-3-5-13(10-16)11-17-19(22)24-18(21-17)14-6-4-7-15(20)12-14/h2-8,10-12H,1,9H2/b17-11-. The Kier molecular flexibility index (Phi) is 4.77. The van der Waals surface area contributed by atoms with Crippen LogP contribution < -0.4 is 4.74 Å². The fourth-order valence-corrected chi connectivity index (χ4v) is 2.35. The maximum absolute atomic E-state index is 12.0. The molecular formula is C19H14ClNO3. The molecule has 0 aromatic heterocycles. The zero-order chi connectivity index (χ0) is 16.9. The van der Waals surface area contributed by atoms with Crippen LogP contribution in [0.5, 0.6) is 5.75 Å². The van der Waals surface area contributed by atoms with Gasteiger partial charge in [-0.25, -0.2) is 9.79 Å². The molecule has 0 amide bonds. The highest BCUT2D eigenvalue weighted by Gasteiger charge is 2.24. The molecule has 0 unspecified atom stereocenters. The number of hydrogen-bond donors (Lipinski definition) is 0. The van der Waals surface area contributed by atoms with Crippen LogP contribution in [0, 0.1) is 0 Å². The fourth-order valence-electron chi connectivity index (χ4n) is 2.16. The van der Waals surface area contributed by atoms with Crippen LogP contribution in [0.2, 0.25) is 5.02 Å². The summed E-state index contributed by atoms with van der Waals surface area (Å²) in [6.07, 6.45) is 3.32. The molecule has 0 N–H and O–H groups in total. The lowest BCUT2D eigenvalue weighted by Crippen LogP contribution is -2.05. The van der Waals surface area contributed by atoms with Crippen molar-refractivity contribution in [2.24, 2.45) is 4.99 Å². The normalized spacial score (nSPS) is 15.1. The predicted octanol–water partition coefficient (Wildman–Crippen LogP) is 4.25. The molecule has 120 valence electrons. The molecule has 0 fully saturated rings. The zero-order valence-corrected chi connectivity index (χ0v) is 13.5. The number of carbonyl (C=O) groups is 1. The number of cyclic esters (lactones) is 1. The van der Waals surface area contributed by atoms with Crippen LogP contribution in [0.1, 0.15) is 11.1 Å². The summed E-state index contributed by atoms with van der Waals surface area (Å²) in [5.41, 5.74) is 1.67. The smallest absolute Gasteiger partial charge is 0.363 e. The summed E-state index contributed by atoms with van der Waals surface area (Å²) in [6, 6.07) is 14.3. The molecule has 3 rings (SSSR count). The van der Waals surface area contributed by atoms with Crippen molar-refractivity contribution in [2.45, 2.75) is 0 Å². The monoisotopic (exact) mass is 339 g/mol. The van der Waals surface area contributed by atoms with Crippen LogP contribution >= 0.6 is 11.6 Å². The lowest BCUT2D eigenvalue weighted by Gasteiger charge is -2.03. The first-order valence-electron chi connectivity index (χ1n) is 7.28. The van der Waals surface area contributed by atoms with Gasteiger partial charge in [-0.1, -0.05) is 42.5 Å². The van der Waals surface area contributed by atoms with Crippen LogP contribution in [0.3, 0.4) is 0 Å². The number of ether oxygens (including phenoxy) is 2. The number of carbonyl (C=O) groups excluding carboxylic acids is 1. The molecule has 0 radical (unpaired) electrons. The topological polar surface area (TPSA) is 47.9 Å². The summed E-state index contributed by atoms with van der Waals surface area (Å²) < 4.78 is 10.7. The molecule has 0 saturated carbocycles. The van der Waals surface area contributed by atoms with Gasteiger partial charge in [-0.05, 0) is 42.0 Å². The van der Waals surface area contributed by atoms with Gasteiger partial charge in [0.05, 0.1) is 0 Å². The van der Waals surface area contributed by atoms with Crippen molar-refractivity contribution in [1.29, 1.82) is 0 Å². The number of esters is 1. The molecule has 5 heteroatoms. The molecule has 2 aromatic rings. The summed E-state index contributed by atoms with van der Waals surface area (Å²) in [5.74, 6) is 0.435. The van der Waals surface area contributed by atoms with Crippen molar-refractivity contribution in [3.05, 3.63) is 83.0 Å². The summed E-state index contributed by atoms with van der Waals surface area (Å²) in [6.45, 7) is 4.03. The Morgan fingerprint density at radius 2 is 2.04 bits per heavy atom. The van der Waals surface area contributed by atoms with Crippen molar-refractivity contribution < 1.29 is 14.3 Å². The average molecular weight is 340 g/mol. The Morgan fingerprint density at radius 3 is 2.83 bits per heavy atom. The first-order valence-corrected chi connectivity index (χ1v) is 7.66. The molecule has 1 aliphatic heterocycles. The largest absolute Gasteiger partial charge is 0.490 e. The van der Waals surface area contributed by atoms with E-state index in [0.717, 1.165) is 5.56 Å². The Morgan fingerprint density at radius 1 is 1.21 bits per heavy atom. The lowest BCUT2D eigenvalue weighted by molar-refractivity contribution is -0.129. The molecule has 0 bridgehead atoms. The highest BCUT2D eigenvalue weighted by molar-refractivity contribution is 6.31. The third-order valence-electron chi connectivity index (χ3n) is 3.22. The third kappa shape index (κ3) is 3.73. The molecule has 2 aromatic carbocycles. The van der Waals surface area contributed by atoms with Gasteiger partial charge in [-0.2, -0.15) is 0 Å². The zero-order valence-electron chi connectivity index (χ0n) is 12.7. The maximum atomic E-state index is 12.0. The van der Waals surface area contributed by atoms with Gasteiger partial charge in [0, 0.05) is 10.6 Å². The van der Waals surface area contributed by atoms with Crippen molar-refractivity contribution in [1.82, 2.24) is 0 Å². The minimum atomic E-state index is -0.498. The van der Waals surface area contributed by atoms with Crippen molar-refractivity contribution in [2.75, 3.05) is 6.61 Å². The van der Waals surface area contributed by atoms with E-state index in [4.69, 9.17) is 21.1 Å². The van der Waals surface area contributed by atoms with E-state index in [1.165, 1.54) is 0 Å². The van der Waals surface area contributed by atoms with E-state index in [1.807, 2.05) is 24.3 Å². The number of aliphatic imine (C=N–C) groups is 1. The molecule has 24 heavy (non-hydrogen) atoms. The summed E-state index contributed by atoms with van der Waals surface area (Å²) >= 11 is 5.95. The van der Waals surface area contributed by atoms with Crippen molar-refractivity contribution in [3.63, 3.8) is 0 Å². The highest BCUT2D eigenvalue weighted by atomic mass is 35.5. The minimum absolute atomic E-state index is 0.228. The number of nitrogens with zero attached hydrogens (tertiary/aromatic N) is 1. The molecular weight excluding hydrogens is 326 g/mol. The first-order chi connectivity index (χ1) is 11.7. The van der Waals surface area contributed by atoms with E-state index in [-0.39, 0.29) is 11.6 Å². The third-order valence-corrected chi connectivity index (χ3v) is 3.46. The van der Waals surface area contributed by atoms with Gasteiger partial charge >= 0.3 is 5.97 Å². The van der Waals surface area contributed by atoms with Crippen LogP contribution in [0.25, 0.3) is 6.08 Å². The Hall–Kier alpha value is -2.85. The predicted molar refractivity (Wildman–Crippen MR) is 94.2 cm³/mol. The molecule has 0 aliphatic carbocycles. The minimum Gasteiger partial charge on any atom is -0.490 e. The number of halogens is 1. The summed E-state index contributed by atoms with van der Waals surface area (Å²) in [7, 11) is 0. The maximum Gasteiger partial charge on any atom is 0.363 e. The van der Waals surface area contributed by atoms with E-state index in [0.29, 0.717) is 22.9 Å². The van der Waals surface area contributed by atoms with Crippen molar-refractivity contribution >= 4 is 29.5 Å². The van der Waals surface area contributed by atoms with Crippen LogP contribution in [0.4, 0.5) is 0 Å². The van der Waals surface area contributed by atoms with E-state index in [2.05, 4.69) is 11.6 Å². The second kappa shape index (κ2) is 7.15. The Labute approximate surface area is 144 Å². The molecule has 4 nitrogen and oxygen atoms in total. The van der Waals surface area contributed by atoms with E-state index < -0.39 is 5.97 Å². The van der Waals surface area contributed by atoms with Crippen molar-refractivity contribution in [3.8, 4) is 5.75 Å². The summed E-state index contributed by atoms with van der Waals surface area (Å²) in [5, 5.41) is 0.552. The van der Waals surface area contributed by atoms with Gasteiger partial charge in [-0.3, -0.25) is 0 Å². The lowest BCUT2D eigenvalue weighted by atomic mass is 10.2. The van der Waals surface area contributed by atoms with Gasteiger partial charge in [0.1, 0.15) is 12.4 Å². The Bertz CT molecular complexity index is 855. The Balaban J connectivity index is 1.87. The molecule has 1 heterocycles. The van der Waals surface area contributed by atoms with Gasteiger partial charge in [0.25, 0.3) is 0 Å². The molecule has 0 saturated heterocycles. The molecule has 0 atom stereocenters. The quantitative estimate of drug-likeness (QED) is 0.465. The van der Waals surface area contributed by atoms with E-state index in [1.54, 1.807) is 36.4 Å². The number of hydrogen-bond acceptors (Lipinski definition) is 4. The highest BCUT2D eigenvalue weighted by Crippen LogP contribution is 2.22.